The van der Waals surface area contributed by atoms with Crippen molar-refractivity contribution in [2.24, 2.45) is 5.41 Å². The summed E-state index contributed by atoms with van der Waals surface area (Å²) >= 11 is 0. The minimum Gasteiger partial charge on any atom is -0.481 e. The van der Waals surface area contributed by atoms with E-state index in [1.54, 1.807) is 6.92 Å². The van der Waals surface area contributed by atoms with Crippen LogP contribution in [0.4, 0.5) is 4.79 Å². The summed E-state index contributed by atoms with van der Waals surface area (Å²) in [7, 11) is 0. The van der Waals surface area contributed by atoms with Gasteiger partial charge in [0.05, 0.1) is 19.3 Å². The normalized spacial score (nSPS) is 25.1. The smallest absolute Gasteiger partial charge is 0.407 e. The third-order valence-corrected chi connectivity index (χ3v) is 3.45. The van der Waals surface area contributed by atoms with Gasteiger partial charge >= 0.3 is 12.1 Å². The van der Waals surface area contributed by atoms with Gasteiger partial charge in [0.1, 0.15) is 12.0 Å². The molecular formula is C14H17NO5. The van der Waals surface area contributed by atoms with E-state index in [0.29, 0.717) is 0 Å². The highest BCUT2D eigenvalue weighted by atomic mass is 16.5. The van der Waals surface area contributed by atoms with E-state index in [4.69, 9.17) is 9.47 Å². The maximum atomic E-state index is 11.7. The summed E-state index contributed by atoms with van der Waals surface area (Å²) in [5, 5.41) is 11.7. The first-order valence-electron chi connectivity index (χ1n) is 6.31. The van der Waals surface area contributed by atoms with E-state index >= 15 is 0 Å². The standard InChI is InChI=1S/C14H17NO5/c1-14(12(16)17)9-19-8-11(14)15-13(18)20-7-10-5-3-2-4-6-10/h2-6,11H,7-9H2,1H3,(H,15,18)(H,16,17). The van der Waals surface area contributed by atoms with Gasteiger partial charge in [-0.05, 0) is 12.5 Å². The van der Waals surface area contributed by atoms with E-state index < -0.39 is 23.5 Å². The third-order valence-electron chi connectivity index (χ3n) is 3.45. The second kappa shape index (κ2) is 5.92. The maximum Gasteiger partial charge on any atom is 0.407 e. The Bertz CT molecular complexity index is 490. The zero-order chi connectivity index (χ0) is 14.6. The molecular weight excluding hydrogens is 262 g/mol. The van der Waals surface area contributed by atoms with Crippen molar-refractivity contribution in [2.45, 2.75) is 19.6 Å². The lowest BCUT2D eigenvalue weighted by Crippen LogP contribution is -2.49. The average Bonchev–Trinajstić information content (AvgIpc) is 2.80. The lowest BCUT2D eigenvalue weighted by Gasteiger charge is -2.25. The molecule has 1 aliphatic rings. The SMILES string of the molecule is CC1(C(=O)O)COCC1NC(=O)OCc1ccccc1. The fraction of sp³-hybridized carbons (Fsp3) is 0.429. The zero-order valence-corrected chi connectivity index (χ0v) is 11.2. The molecule has 0 radical (unpaired) electrons. The van der Waals surface area contributed by atoms with Gasteiger partial charge in [-0.25, -0.2) is 4.79 Å². The van der Waals surface area contributed by atoms with Crippen LogP contribution in [-0.2, 0) is 20.9 Å². The Kier molecular flexibility index (Phi) is 4.24. The number of benzene rings is 1. The number of amides is 1. The summed E-state index contributed by atoms with van der Waals surface area (Å²) in [6.45, 7) is 1.93. The molecule has 1 saturated heterocycles. The van der Waals surface area contributed by atoms with Gasteiger partial charge in [0, 0.05) is 0 Å². The van der Waals surface area contributed by atoms with E-state index in [-0.39, 0.29) is 19.8 Å². The van der Waals surface area contributed by atoms with Crippen LogP contribution in [0.15, 0.2) is 30.3 Å². The minimum atomic E-state index is -1.12. The first-order chi connectivity index (χ1) is 9.52. The summed E-state index contributed by atoms with van der Waals surface area (Å²) in [5.41, 5.74) is -0.252. The number of ether oxygens (including phenoxy) is 2. The van der Waals surface area contributed by atoms with Crippen molar-refractivity contribution in [1.82, 2.24) is 5.32 Å². The van der Waals surface area contributed by atoms with Gasteiger partial charge in [0.2, 0.25) is 0 Å². The molecule has 20 heavy (non-hydrogen) atoms. The summed E-state index contributed by atoms with van der Waals surface area (Å²) < 4.78 is 10.2. The number of alkyl carbamates (subject to hydrolysis) is 1. The fourth-order valence-corrected chi connectivity index (χ4v) is 1.99. The van der Waals surface area contributed by atoms with Gasteiger partial charge in [-0.1, -0.05) is 30.3 Å². The Labute approximate surface area is 116 Å². The van der Waals surface area contributed by atoms with E-state index in [0.717, 1.165) is 5.56 Å². The molecule has 2 rings (SSSR count). The number of rotatable bonds is 4. The van der Waals surface area contributed by atoms with Crippen molar-refractivity contribution in [3.63, 3.8) is 0 Å². The van der Waals surface area contributed by atoms with Crippen LogP contribution in [-0.4, -0.2) is 36.4 Å². The number of hydrogen-bond acceptors (Lipinski definition) is 4. The van der Waals surface area contributed by atoms with E-state index in [9.17, 15) is 14.7 Å². The van der Waals surface area contributed by atoms with E-state index in [1.165, 1.54) is 0 Å². The third kappa shape index (κ3) is 3.08. The Balaban J connectivity index is 1.87. The highest BCUT2D eigenvalue weighted by Crippen LogP contribution is 2.28. The summed E-state index contributed by atoms with van der Waals surface area (Å²) in [6, 6.07) is 8.66. The molecule has 108 valence electrons. The van der Waals surface area contributed by atoms with Crippen LogP contribution in [0.5, 0.6) is 0 Å². The molecule has 1 heterocycles. The van der Waals surface area contributed by atoms with Crippen LogP contribution in [0.1, 0.15) is 12.5 Å². The van der Waals surface area contributed by atoms with Crippen LogP contribution < -0.4 is 5.32 Å². The van der Waals surface area contributed by atoms with Gasteiger partial charge in [-0.3, -0.25) is 4.79 Å². The number of carbonyl (C=O) groups excluding carboxylic acids is 1. The molecule has 0 aromatic heterocycles. The number of carboxylic acid groups (broad SMARTS) is 1. The summed E-state index contributed by atoms with van der Waals surface area (Å²) in [5.74, 6) is -0.997. The molecule has 6 heteroatoms. The molecule has 0 bridgehead atoms. The second-order valence-electron chi connectivity index (χ2n) is 5.00. The zero-order valence-electron chi connectivity index (χ0n) is 11.2. The molecule has 2 unspecified atom stereocenters. The van der Waals surface area contributed by atoms with Gasteiger partial charge in [-0.15, -0.1) is 0 Å². The van der Waals surface area contributed by atoms with Crippen molar-refractivity contribution in [2.75, 3.05) is 13.2 Å². The second-order valence-corrected chi connectivity index (χ2v) is 5.00. The van der Waals surface area contributed by atoms with E-state index in [2.05, 4.69) is 5.32 Å². The van der Waals surface area contributed by atoms with Gasteiger partial charge in [-0.2, -0.15) is 0 Å². The van der Waals surface area contributed by atoms with Crippen LogP contribution in [0, 0.1) is 5.41 Å². The van der Waals surface area contributed by atoms with Gasteiger partial charge in [0.15, 0.2) is 0 Å². The summed E-state index contributed by atoms with van der Waals surface area (Å²) in [4.78, 5) is 22.9. The lowest BCUT2D eigenvalue weighted by molar-refractivity contribution is -0.148. The Hall–Kier alpha value is -2.08. The fourth-order valence-electron chi connectivity index (χ4n) is 1.99. The van der Waals surface area contributed by atoms with Crippen molar-refractivity contribution >= 4 is 12.1 Å². The molecule has 6 nitrogen and oxygen atoms in total. The Morgan fingerprint density at radius 3 is 2.80 bits per heavy atom. The lowest BCUT2D eigenvalue weighted by atomic mass is 9.85. The van der Waals surface area contributed by atoms with Crippen molar-refractivity contribution in [3.8, 4) is 0 Å². The van der Waals surface area contributed by atoms with Crippen molar-refractivity contribution < 1.29 is 24.2 Å². The maximum absolute atomic E-state index is 11.7. The highest BCUT2D eigenvalue weighted by molar-refractivity contribution is 5.77. The molecule has 1 amide bonds. The molecule has 0 saturated carbocycles. The van der Waals surface area contributed by atoms with Gasteiger partial charge < -0.3 is 19.9 Å². The Morgan fingerprint density at radius 2 is 2.15 bits per heavy atom. The van der Waals surface area contributed by atoms with E-state index in [1.807, 2.05) is 30.3 Å². The minimum absolute atomic E-state index is 0.0754. The molecule has 1 aromatic rings. The number of hydrogen-bond donors (Lipinski definition) is 2. The highest BCUT2D eigenvalue weighted by Gasteiger charge is 2.47. The van der Waals surface area contributed by atoms with Crippen molar-refractivity contribution in [1.29, 1.82) is 0 Å². The predicted molar refractivity (Wildman–Crippen MR) is 70.1 cm³/mol. The number of aliphatic carboxylic acids is 1. The quantitative estimate of drug-likeness (QED) is 0.870. The molecule has 2 atom stereocenters. The monoisotopic (exact) mass is 279 g/mol. The number of carboxylic acids is 1. The van der Waals surface area contributed by atoms with Gasteiger partial charge in [0.25, 0.3) is 0 Å². The molecule has 2 N–H and O–H groups in total. The molecule has 1 aliphatic heterocycles. The first-order valence-corrected chi connectivity index (χ1v) is 6.31. The number of carbonyl (C=O) groups is 2. The molecule has 1 aromatic carbocycles. The first kappa shape index (κ1) is 14.3. The van der Waals surface area contributed by atoms with Crippen LogP contribution in [0.2, 0.25) is 0 Å². The van der Waals surface area contributed by atoms with Crippen LogP contribution in [0.3, 0.4) is 0 Å². The number of nitrogens with one attached hydrogen (secondary N) is 1. The van der Waals surface area contributed by atoms with Crippen molar-refractivity contribution in [3.05, 3.63) is 35.9 Å². The largest absolute Gasteiger partial charge is 0.481 e. The average molecular weight is 279 g/mol. The molecule has 0 spiro atoms. The van der Waals surface area contributed by atoms with Crippen LogP contribution in [0.25, 0.3) is 0 Å². The van der Waals surface area contributed by atoms with Crippen LogP contribution >= 0.6 is 0 Å². The summed E-state index contributed by atoms with van der Waals surface area (Å²) in [6.07, 6.45) is -0.642. The predicted octanol–water partition coefficient (Wildman–Crippen LogP) is 1.40. The topological polar surface area (TPSA) is 84.9 Å². The molecule has 0 aliphatic carbocycles. The molecule has 1 fully saturated rings. The Morgan fingerprint density at radius 1 is 1.45 bits per heavy atom.